The number of hydrogen-bond donors (Lipinski definition) is 1. The largest absolute Gasteiger partial charge is 0.368 e. The minimum atomic E-state index is -4.22. The van der Waals surface area contributed by atoms with Crippen molar-refractivity contribution in [2.45, 2.75) is 43.9 Å². The Balaban J connectivity index is 1.78. The fourth-order valence-electron chi connectivity index (χ4n) is 4.34. The molecule has 1 unspecified atom stereocenters. The van der Waals surface area contributed by atoms with Gasteiger partial charge in [-0.2, -0.15) is 0 Å². The molecule has 2 saturated heterocycles. The monoisotopic (exact) mass is 536 g/mol. The molecular formula is C23H22F6N2O4S. The summed E-state index contributed by atoms with van der Waals surface area (Å²) in [6, 6.07) is 0.717. The second kappa shape index (κ2) is 9.67. The number of nitrogens with one attached hydrogen (secondary N) is 1. The van der Waals surface area contributed by atoms with Gasteiger partial charge in [0.05, 0.1) is 24.9 Å². The van der Waals surface area contributed by atoms with Crippen molar-refractivity contribution in [3.8, 4) is 11.1 Å². The van der Waals surface area contributed by atoms with Gasteiger partial charge in [0.25, 0.3) is 11.8 Å². The van der Waals surface area contributed by atoms with Gasteiger partial charge in [-0.15, -0.1) is 0 Å². The van der Waals surface area contributed by atoms with Crippen LogP contribution in [0.2, 0.25) is 0 Å². The quantitative estimate of drug-likeness (QED) is 0.551. The van der Waals surface area contributed by atoms with Crippen molar-refractivity contribution < 1.29 is 44.3 Å². The first-order valence-corrected chi connectivity index (χ1v) is 12.7. The van der Waals surface area contributed by atoms with E-state index in [0.717, 1.165) is 30.3 Å². The molecule has 2 aromatic carbocycles. The Bertz CT molecular complexity index is 1290. The van der Waals surface area contributed by atoms with Gasteiger partial charge in [-0.1, -0.05) is 12.1 Å². The molecule has 4 rings (SSSR count). The van der Waals surface area contributed by atoms with E-state index in [1.165, 1.54) is 6.92 Å². The summed E-state index contributed by atoms with van der Waals surface area (Å²) in [6.45, 7) is 0.238. The van der Waals surface area contributed by atoms with Gasteiger partial charge in [-0.25, -0.2) is 39.5 Å². The lowest BCUT2D eigenvalue weighted by atomic mass is 9.94. The molecule has 13 heteroatoms. The summed E-state index contributed by atoms with van der Waals surface area (Å²) in [5, 5.41) is 0. The number of halogens is 6. The minimum absolute atomic E-state index is 0.224. The van der Waals surface area contributed by atoms with Crippen molar-refractivity contribution >= 4 is 15.9 Å². The zero-order chi connectivity index (χ0) is 26.4. The molecule has 2 aromatic rings. The Labute approximate surface area is 203 Å². The number of ether oxygens (including phenoxy) is 1. The van der Waals surface area contributed by atoms with Crippen LogP contribution in [0.25, 0.3) is 11.1 Å². The molecule has 36 heavy (non-hydrogen) atoms. The molecule has 0 aromatic heterocycles. The SMILES string of the molecule is CCS(=O)(=O)N[C@@H]1[C@H](Cc2c(F)ccc(-c3cccc(F)c3F)c2F)N(C(=O)C2CCO2)CC1(F)F. The van der Waals surface area contributed by atoms with Gasteiger partial charge in [0, 0.05) is 29.5 Å². The summed E-state index contributed by atoms with van der Waals surface area (Å²) in [6.07, 6.45) is -1.66. The molecule has 3 atom stereocenters. The molecule has 2 fully saturated rings. The van der Waals surface area contributed by atoms with E-state index >= 15 is 13.2 Å². The number of sulfonamides is 1. The summed E-state index contributed by atoms with van der Waals surface area (Å²) in [5.41, 5.74) is -1.84. The van der Waals surface area contributed by atoms with E-state index in [-0.39, 0.29) is 13.0 Å². The van der Waals surface area contributed by atoms with Gasteiger partial charge >= 0.3 is 0 Å². The third-order valence-corrected chi connectivity index (χ3v) is 7.78. The van der Waals surface area contributed by atoms with E-state index in [1.807, 2.05) is 4.72 Å². The molecule has 6 nitrogen and oxygen atoms in total. The molecule has 2 heterocycles. The van der Waals surface area contributed by atoms with E-state index < -0.39 is 98.7 Å². The number of benzene rings is 2. The van der Waals surface area contributed by atoms with Gasteiger partial charge < -0.3 is 9.64 Å². The molecule has 0 spiro atoms. The van der Waals surface area contributed by atoms with Crippen molar-refractivity contribution in [2.75, 3.05) is 18.9 Å². The summed E-state index contributed by atoms with van der Waals surface area (Å²) >= 11 is 0. The van der Waals surface area contributed by atoms with Crippen LogP contribution in [-0.4, -0.2) is 62.2 Å². The summed E-state index contributed by atoms with van der Waals surface area (Å²) < 4.78 is 120. The molecule has 2 aliphatic rings. The van der Waals surface area contributed by atoms with E-state index in [2.05, 4.69) is 0 Å². The average Bonchev–Trinajstić information content (AvgIpc) is 3.02. The standard InChI is InChI=1S/C23H22F6N2O4S/c1-2-36(33,34)30-21-17(31(11-23(21,28)29)22(32)18-8-9-35-18)10-14-15(24)7-6-13(19(14)26)12-4-3-5-16(25)20(12)27/h3-7,17-18,21,30H,2,8-11H2,1H3/t17-,18?,21+/m0/s1. The van der Waals surface area contributed by atoms with Gasteiger partial charge in [0.2, 0.25) is 10.0 Å². The number of amides is 1. The fraction of sp³-hybridized carbons (Fsp3) is 0.435. The highest BCUT2D eigenvalue weighted by atomic mass is 32.2. The van der Waals surface area contributed by atoms with Crippen LogP contribution in [0.4, 0.5) is 26.3 Å². The molecule has 0 bridgehead atoms. The van der Waals surface area contributed by atoms with Crippen molar-refractivity contribution in [3.05, 3.63) is 59.2 Å². The highest BCUT2D eigenvalue weighted by Crippen LogP contribution is 2.38. The first-order chi connectivity index (χ1) is 16.9. The van der Waals surface area contributed by atoms with Crippen molar-refractivity contribution in [1.82, 2.24) is 9.62 Å². The lowest BCUT2D eigenvalue weighted by molar-refractivity contribution is -0.158. The van der Waals surface area contributed by atoms with Crippen LogP contribution >= 0.6 is 0 Å². The predicted molar refractivity (Wildman–Crippen MR) is 117 cm³/mol. The van der Waals surface area contributed by atoms with Crippen LogP contribution in [0.15, 0.2) is 30.3 Å². The third kappa shape index (κ3) is 4.83. The van der Waals surface area contributed by atoms with E-state index in [4.69, 9.17) is 4.74 Å². The van der Waals surface area contributed by atoms with Gasteiger partial charge in [-0.3, -0.25) is 4.79 Å². The van der Waals surface area contributed by atoms with Crippen LogP contribution in [0, 0.1) is 23.3 Å². The van der Waals surface area contributed by atoms with Gasteiger partial charge in [-0.05, 0) is 25.1 Å². The minimum Gasteiger partial charge on any atom is -0.368 e. The van der Waals surface area contributed by atoms with Crippen LogP contribution in [0.3, 0.4) is 0 Å². The number of carbonyl (C=O) groups is 1. The van der Waals surface area contributed by atoms with Crippen molar-refractivity contribution in [2.24, 2.45) is 0 Å². The molecule has 0 aliphatic carbocycles. The molecule has 1 amide bonds. The first-order valence-electron chi connectivity index (χ1n) is 11.1. The second-order valence-corrected chi connectivity index (χ2v) is 10.7. The number of carbonyl (C=O) groups excluding carboxylic acids is 1. The third-order valence-electron chi connectivity index (χ3n) is 6.41. The van der Waals surface area contributed by atoms with Gasteiger partial charge in [0.1, 0.15) is 23.8 Å². The number of nitrogens with zero attached hydrogens (tertiary/aromatic N) is 1. The number of rotatable bonds is 7. The Morgan fingerprint density at radius 2 is 1.75 bits per heavy atom. The number of alkyl halides is 2. The zero-order valence-electron chi connectivity index (χ0n) is 18.9. The lowest BCUT2D eigenvalue weighted by Crippen LogP contribution is -2.54. The van der Waals surface area contributed by atoms with Crippen LogP contribution < -0.4 is 4.72 Å². The molecular weight excluding hydrogens is 514 g/mol. The second-order valence-electron chi connectivity index (χ2n) is 8.63. The van der Waals surface area contributed by atoms with Crippen LogP contribution in [0.5, 0.6) is 0 Å². The topological polar surface area (TPSA) is 75.7 Å². The lowest BCUT2D eigenvalue weighted by Gasteiger charge is -2.34. The molecule has 0 saturated carbocycles. The average molecular weight is 536 g/mol. The smallest absolute Gasteiger partial charge is 0.283 e. The van der Waals surface area contributed by atoms with Crippen LogP contribution in [0.1, 0.15) is 18.9 Å². The Morgan fingerprint density at radius 3 is 2.36 bits per heavy atom. The normalized spacial score (nSPS) is 23.5. The molecule has 2 aliphatic heterocycles. The maximum absolute atomic E-state index is 15.5. The Kier molecular flexibility index (Phi) is 7.10. The van der Waals surface area contributed by atoms with Gasteiger partial charge in [0.15, 0.2) is 11.6 Å². The molecule has 1 N–H and O–H groups in total. The summed E-state index contributed by atoms with van der Waals surface area (Å²) in [7, 11) is -4.22. The fourth-order valence-corrected chi connectivity index (χ4v) is 5.23. The Morgan fingerprint density at radius 1 is 1.08 bits per heavy atom. The molecule has 0 radical (unpaired) electrons. The Hall–Kier alpha value is -2.64. The number of hydrogen-bond acceptors (Lipinski definition) is 4. The van der Waals surface area contributed by atoms with E-state index in [1.54, 1.807) is 0 Å². The summed E-state index contributed by atoms with van der Waals surface area (Å²) in [4.78, 5) is 13.5. The van der Waals surface area contributed by atoms with Crippen molar-refractivity contribution in [3.63, 3.8) is 0 Å². The maximum atomic E-state index is 15.5. The van der Waals surface area contributed by atoms with E-state index in [9.17, 15) is 26.4 Å². The summed E-state index contributed by atoms with van der Waals surface area (Å²) in [5.74, 6) is -10.4. The zero-order valence-corrected chi connectivity index (χ0v) is 19.7. The van der Waals surface area contributed by atoms with Crippen molar-refractivity contribution in [1.29, 1.82) is 0 Å². The van der Waals surface area contributed by atoms with Crippen LogP contribution in [-0.2, 0) is 26.0 Å². The highest BCUT2D eigenvalue weighted by Gasteiger charge is 2.58. The first kappa shape index (κ1) is 26.4. The maximum Gasteiger partial charge on any atom is 0.283 e. The van der Waals surface area contributed by atoms with E-state index in [0.29, 0.717) is 4.90 Å². The molecule has 196 valence electrons. The highest BCUT2D eigenvalue weighted by molar-refractivity contribution is 7.89. The number of likely N-dealkylation sites (tertiary alicyclic amines) is 1. The predicted octanol–water partition coefficient (Wildman–Crippen LogP) is 3.40.